The minimum Gasteiger partial charge on any atom is -0.496 e. The molecule has 3 aromatic rings. The predicted octanol–water partition coefficient (Wildman–Crippen LogP) is 2.68. The zero-order valence-corrected chi connectivity index (χ0v) is 12.9. The highest BCUT2D eigenvalue weighted by molar-refractivity contribution is 6.04. The van der Waals surface area contributed by atoms with Gasteiger partial charge in [0.05, 0.1) is 23.8 Å². The quantitative estimate of drug-likeness (QED) is 0.531. The number of fused-ring (bicyclic) bond motifs is 1. The van der Waals surface area contributed by atoms with E-state index in [-0.39, 0.29) is 18.0 Å². The number of Topliss-reactive ketones (excluding diaryl/α,β-unsaturated/α-hetero) is 1. The number of rotatable bonds is 5. The number of carbonyl (C=O) groups excluding carboxylic acids is 2. The SMILES string of the molecule is COc1ccccc1C(=O)COC(=O)c1cccc2nccnc12. The molecule has 1 heterocycles. The Morgan fingerprint density at radius 1 is 0.958 bits per heavy atom. The Morgan fingerprint density at radius 3 is 2.54 bits per heavy atom. The van der Waals surface area contributed by atoms with Crippen LogP contribution in [0.15, 0.2) is 54.9 Å². The van der Waals surface area contributed by atoms with Crippen molar-refractivity contribution in [3.8, 4) is 5.75 Å². The minimum atomic E-state index is -0.621. The lowest BCUT2D eigenvalue weighted by Gasteiger charge is -2.08. The van der Waals surface area contributed by atoms with Crippen molar-refractivity contribution in [2.24, 2.45) is 0 Å². The van der Waals surface area contributed by atoms with Crippen molar-refractivity contribution < 1.29 is 19.1 Å². The van der Waals surface area contributed by atoms with Crippen LogP contribution in [0.3, 0.4) is 0 Å². The molecule has 120 valence electrons. The maximum atomic E-state index is 12.3. The van der Waals surface area contributed by atoms with Gasteiger partial charge in [-0.2, -0.15) is 0 Å². The van der Waals surface area contributed by atoms with Gasteiger partial charge in [-0.15, -0.1) is 0 Å². The summed E-state index contributed by atoms with van der Waals surface area (Å²) in [5, 5.41) is 0. The monoisotopic (exact) mass is 322 g/mol. The smallest absolute Gasteiger partial charge is 0.340 e. The summed E-state index contributed by atoms with van der Waals surface area (Å²) in [5.74, 6) is -0.522. The van der Waals surface area contributed by atoms with Crippen LogP contribution < -0.4 is 4.74 Å². The first kappa shape index (κ1) is 15.6. The number of para-hydroxylation sites is 2. The van der Waals surface area contributed by atoms with Crippen molar-refractivity contribution in [2.45, 2.75) is 0 Å². The number of ether oxygens (including phenoxy) is 2. The Balaban J connectivity index is 1.77. The fourth-order valence-corrected chi connectivity index (χ4v) is 2.32. The van der Waals surface area contributed by atoms with Crippen molar-refractivity contribution in [3.05, 3.63) is 66.0 Å². The molecule has 0 bridgehead atoms. The molecule has 1 aromatic heterocycles. The first-order valence-corrected chi connectivity index (χ1v) is 7.24. The number of aromatic nitrogens is 2. The number of esters is 1. The van der Waals surface area contributed by atoms with Crippen LogP contribution in [0.5, 0.6) is 5.75 Å². The molecule has 0 unspecified atom stereocenters. The number of hydrogen-bond acceptors (Lipinski definition) is 6. The van der Waals surface area contributed by atoms with E-state index < -0.39 is 5.97 Å². The summed E-state index contributed by atoms with van der Waals surface area (Å²) in [6.45, 7) is -0.379. The van der Waals surface area contributed by atoms with Gasteiger partial charge < -0.3 is 9.47 Å². The molecule has 24 heavy (non-hydrogen) atoms. The first-order valence-electron chi connectivity index (χ1n) is 7.24. The van der Waals surface area contributed by atoms with Gasteiger partial charge >= 0.3 is 5.97 Å². The van der Waals surface area contributed by atoms with Crippen LogP contribution in [0.1, 0.15) is 20.7 Å². The van der Waals surface area contributed by atoms with E-state index >= 15 is 0 Å². The van der Waals surface area contributed by atoms with E-state index in [0.29, 0.717) is 22.3 Å². The maximum Gasteiger partial charge on any atom is 0.340 e. The van der Waals surface area contributed by atoms with E-state index in [9.17, 15) is 9.59 Å². The second-order valence-corrected chi connectivity index (χ2v) is 4.93. The molecular weight excluding hydrogens is 308 g/mol. The number of hydrogen-bond donors (Lipinski definition) is 0. The fraction of sp³-hybridized carbons (Fsp3) is 0.111. The largest absolute Gasteiger partial charge is 0.496 e. The van der Waals surface area contributed by atoms with E-state index in [1.165, 1.54) is 13.3 Å². The topological polar surface area (TPSA) is 78.4 Å². The highest BCUT2D eigenvalue weighted by Gasteiger charge is 2.17. The van der Waals surface area contributed by atoms with E-state index in [0.717, 1.165) is 0 Å². The van der Waals surface area contributed by atoms with Crippen LogP contribution in [0.25, 0.3) is 11.0 Å². The van der Waals surface area contributed by atoms with E-state index in [2.05, 4.69) is 9.97 Å². The molecule has 0 aliphatic heterocycles. The molecule has 0 spiro atoms. The zero-order valence-electron chi connectivity index (χ0n) is 12.9. The van der Waals surface area contributed by atoms with Crippen LogP contribution >= 0.6 is 0 Å². The highest BCUT2D eigenvalue weighted by Crippen LogP contribution is 2.19. The summed E-state index contributed by atoms with van der Waals surface area (Å²) >= 11 is 0. The van der Waals surface area contributed by atoms with Crippen LogP contribution in [0.4, 0.5) is 0 Å². The van der Waals surface area contributed by atoms with Crippen LogP contribution in [-0.2, 0) is 4.74 Å². The Labute approximate surface area is 138 Å². The van der Waals surface area contributed by atoms with E-state index in [4.69, 9.17) is 9.47 Å². The van der Waals surface area contributed by atoms with Crippen molar-refractivity contribution in [2.75, 3.05) is 13.7 Å². The molecule has 0 saturated heterocycles. The molecule has 0 radical (unpaired) electrons. The molecule has 0 fully saturated rings. The van der Waals surface area contributed by atoms with Gasteiger partial charge in [0.15, 0.2) is 6.61 Å². The molecular formula is C18H14N2O4. The number of carbonyl (C=O) groups is 2. The van der Waals surface area contributed by atoms with Gasteiger partial charge in [0.25, 0.3) is 0 Å². The summed E-state index contributed by atoms with van der Waals surface area (Å²) in [5.41, 5.74) is 1.66. The molecule has 0 aliphatic carbocycles. The standard InChI is InChI=1S/C18H14N2O4/c1-23-16-8-3-2-5-12(16)15(21)11-24-18(22)13-6-4-7-14-17(13)20-10-9-19-14/h2-10H,11H2,1H3. The van der Waals surface area contributed by atoms with Gasteiger partial charge in [0, 0.05) is 12.4 Å². The highest BCUT2D eigenvalue weighted by atomic mass is 16.5. The average Bonchev–Trinajstić information content (AvgIpc) is 2.65. The van der Waals surface area contributed by atoms with Crippen LogP contribution in [0.2, 0.25) is 0 Å². The number of methoxy groups -OCH3 is 1. The summed E-state index contributed by atoms with van der Waals surface area (Å²) in [7, 11) is 1.48. The molecule has 2 aromatic carbocycles. The van der Waals surface area contributed by atoms with E-state index in [1.54, 1.807) is 48.7 Å². The lowest BCUT2D eigenvalue weighted by molar-refractivity contribution is 0.0475. The lowest BCUT2D eigenvalue weighted by Crippen LogP contribution is -2.15. The number of ketones is 1. The molecule has 0 atom stereocenters. The molecule has 0 saturated carbocycles. The van der Waals surface area contributed by atoms with Gasteiger partial charge in [0.2, 0.25) is 5.78 Å². The van der Waals surface area contributed by atoms with E-state index in [1.807, 2.05) is 0 Å². The Morgan fingerprint density at radius 2 is 1.71 bits per heavy atom. The van der Waals surface area contributed by atoms with Crippen molar-refractivity contribution in [3.63, 3.8) is 0 Å². The summed E-state index contributed by atoms with van der Waals surface area (Å²) in [4.78, 5) is 32.8. The maximum absolute atomic E-state index is 12.3. The summed E-state index contributed by atoms with van der Waals surface area (Å²) < 4.78 is 10.3. The third kappa shape index (κ3) is 3.08. The lowest BCUT2D eigenvalue weighted by atomic mass is 10.1. The van der Waals surface area contributed by atoms with Gasteiger partial charge in [-0.05, 0) is 24.3 Å². The summed E-state index contributed by atoms with van der Waals surface area (Å²) in [6, 6.07) is 11.8. The van der Waals surface area contributed by atoms with Crippen molar-refractivity contribution in [1.29, 1.82) is 0 Å². The average molecular weight is 322 g/mol. The molecule has 0 amide bonds. The molecule has 0 aliphatic rings. The Kier molecular flexibility index (Phi) is 4.47. The molecule has 0 N–H and O–H groups in total. The third-order valence-corrected chi connectivity index (χ3v) is 3.46. The zero-order chi connectivity index (χ0) is 16.9. The van der Waals surface area contributed by atoms with Crippen molar-refractivity contribution in [1.82, 2.24) is 9.97 Å². The number of nitrogens with zero attached hydrogens (tertiary/aromatic N) is 2. The number of benzene rings is 2. The van der Waals surface area contributed by atoms with Gasteiger partial charge in [-0.3, -0.25) is 14.8 Å². The predicted molar refractivity (Wildman–Crippen MR) is 87.1 cm³/mol. The van der Waals surface area contributed by atoms with Crippen LogP contribution in [0, 0.1) is 0 Å². The minimum absolute atomic E-state index is 0.272. The van der Waals surface area contributed by atoms with Gasteiger partial charge in [-0.25, -0.2) is 4.79 Å². The van der Waals surface area contributed by atoms with Crippen LogP contribution in [-0.4, -0.2) is 35.4 Å². The fourth-order valence-electron chi connectivity index (χ4n) is 2.32. The molecule has 6 heteroatoms. The second-order valence-electron chi connectivity index (χ2n) is 4.93. The summed E-state index contributed by atoms with van der Waals surface area (Å²) in [6.07, 6.45) is 3.04. The second kappa shape index (κ2) is 6.87. The third-order valence-electron chi connectivity index (χ3n) is 3.46. The molecule has 3 rings (SSSR count). The van der Waals surface area contributed by atoms with Gasteiger partial charge in [0.1, 0.15) is 11.3 Å². The first-order chi connectivity index (χ1) is 11.7. The Hall–Kier alpha value is -3.28. The normalized spacial score (nSPS) is 10.4. The van der Waals surface area contributed by atoms with Gasteiger partial charge in [-0.1, -0.05) is 18.2 Å². The van der Waals surface area contributed by atoms with Crippen molar-refractivity contribution >= 4 is 22.8 Å². The molecule has 6 nitrogen and oxygen atoms in total. The Bertz CT molecular complexity index is 903.